The Balaban J connectivity index is 1.57. The molecule has 1 aromatic rings. The van der Waals surface area contributed by atoms with Gasteiger partial charge in [0.15, 0.2) is 0 Å². The van der Waals surface area contributed by atoms with Crippen molar-refractivity contribution in [3.63, 3.8) is 0 Å². The van der Waals surface area contributed by atoms with Crippen LogP contribution < -0.4 is 5.32 Å². The number of carbonyl (C=O) groups excluding carboxylic acids is 2. The second-order valence-electron chi connectivity index (χ2n) is 6.40. The molecule has 5 heteroatoms. The number of hydrogen-bond donors (Lipinski definition) is 1. The number of carbonyl (C=O) groups is 2. The van der Waals surface area contributed by atoms with Crippen molar-refractivity contribution >= 4 is 11.8 Å². The van der Waals surface area contributed by atoms with Crippen LogP contribution in [0.4, 0.5) is 0 Å². The summed E-state index contributed by atoms with van der Waals surface area (Å²) < 4.78 is 5.79. The van der Waals surface area contributed by atoms with Crippen molar-refractivity contribution in [1.82, 2.24) is 10.2 Å². The molecule has 1 aliphatic heterocycles. The number of fused-ring (bicyclic) bond motifs is 1. The average molecular weight is 316 g/mol. The normalized spacial score (nSPS) is 24.0. The highest BCUT2D eigenvalue weighted by molar-refractivity contribution is 5.96. The predicted octanol–water partition coefficient (Wildman–Crippen LogP) is 1.89. The number of ether oxygens (including phenoxy) is 1. The quantitative estimate of drug-likeness (QED) is 0.926. The molecular weight excluding hydrogens is 292 g/mol. The summed E-state index contributed by atoms with van der Waals surface area (Å²) in [6, 6.07) is 7.56. The molecule has 1 aliphatic carbocycles. The van der Waals surface area contributed by atoms with Gasteiger partial charge in [0.05, 0.1) is 25.3 Å². The van der Waals surface area contributed by atoms with Crippen molar-refractivity contribution in [2.24, 2.45) is 0 Å². The maximum atomic E-state index is 12.5. The number of aryl methyl sites for hydroxylation is 1. The van der Waals surface area contributed by atoms with Crippen molar-refractivity contribution in [2.75, 3.05) is 19.7 Å². The molecule has 2 atom stereocenters. The zero-order chi connectivity index (χ0) is 16.2. The summed E-state index contributed by atoms with van der Waals surface area (Å²) in [7, 11) is 0. The Morgan fingerprint density at radius 2 is 2.13 bits per heavy atom. The van der Waals surface area contributed by atoms with E-state index in [0.717, 1.165) is 24.8 Å². The number of rotatable bonds is 3. The third-order valence-electron chi connectivity index (χ3n) is 4.73. The van der Waals surface area contributed by atoms with Crippen LogP contribution in [0.2, 0.25) is 0 Å². The van der Waals surface area contributed by atoms with Gasteiger partial charge >= 0.3 is 0 Å². The van der Waals surface area contributed by atoms with Gasteiger partial charge in [-0.1, -0.05) is 30.5 Å². The minimum absolute atomic E-state index is 0.00815. The number of amides is 2. The molecule has 5 nitrogen and oxygen atoms in total. The molecule has 0 aromatic heterocycles. The summed E-state index contributed by atoms with van der Waals surface area (Å²) in [5.74, 6) is -0.207. The van der Waals surface area contributed by atoms with Gasteiger partial charge in [0.1, 0.15) is 0 Å². The van der Waals surface area contributed by atoms with Gasteiger partial charge in [0, 0.05) is 12.1 Å². The fourth-order valence-electron chi connectivity index (χ4n) is 3.55. The van der Waals surface area contributed by atoms with E-state index in [1.165, 1.54) is 6.42 Å². The molecule has 23 heavy (non-hydrogen) atoms. The van der Waals surface area contributed by atoms with Crippen LogP contribution in [0.5, 0.6) is 0 Å². The molecule has 2 aliphatic rings. The fourth-order valence-corrected chi connectivity index (χ4v) is 3.55. The summed E-state index contributed by atoms with van der Waals surface area (Å²) in [6.07, 6.45) is 4.53. The summed E-state index contributed by atoms with van der Waals surface area (Å²) in [6.45, 7) is 3.22. The molecule has 124 valence electrons. The first-order valence-corrected chi connectivity index (χ1v) is 8.41. The van der Waals surface area contributed by atoms with Gasteiger partial charge in [0.25, 0.3) is 5.91 Å². The van der Waals surface area contributed by atoms with E-state index in [1.807, 2.05) is 30.0 Å². The number of nitrogens with one attached hydrogen (secondary N) is 1. The van der Waals surface area contributed by atoms with Gasteiger partial charge in [-0.2, -0.15) is 0 Å². The van der Waals surface area contributed by atoms with Crippen LogP contribution in [0.15, 0.2) is 24.3 Å². The fraction of sp³-hybridized carbons (Fsp3) is 0.556. The van der Waals surface area contributed by atoms with E-state index in [1.54, 1.807) is 6.07 Å². The van der Waals surface area contributed by atoms with Crippen LogP contribution in [0.3, 0.4) is 0 Å². The van der Waals surface area contributed by atoms with Crippen LogP contribution in [0.25, 0.3) is 0 Å². The lowest BCUT2D eigenvalue weighted by molar-refractivity contribution is -0.148. The Hall–Kier alpha value is -1.88. The number of morpholine rings is 1. The maximum absolute atomic E-state index is 12.5. The summed E-state index contributed by atoms with van der Waals surface area (Å²) in [5, 5.41) is 2.75. The molecule has 0 radical (unpaired) electrons. The Morgan fingerprint density at radius 3 is 2.96 bits per heavy atom. The zero-order valence-electron chi connectivity index (χ0n) is 13.6. The number of nitrogens with zero attached hydrogens (tertiary/aromatic N) is 1. The lowest BCUT2D eigenvalue weighted by Crippen LogP contribution is -2.56. The molecule has 1 aromatic carbocycles. The first-order chi connectivity index (χ1) is 11.1. The van der Waals surface area contributed by atoms with Crippen LogP contribution in [-0.2, 0) is 9.53 Å². The maximum Gasteiger partial charge on any atom is 0.251 e. The molecule has 0 unspecified atom stereocenters. The minimum atomic E-state index is -0.199. The molecule has 2 fully saturated rings. The Morgan fingerprint density at radius 1 is 1.30 bits per heavy atom. The van der Waals surface area contributed by atoms with E-state index in [-0.39, 0.29) is 30.5 Å². The molecule has 0 bridgehead atoms. The largest absolute Gasteiger partial charge is 0.374 e. The molecule has 1 saturated heterocycles. The van der Waals surface area contributed by atoms with Gasteiger partial charge in [-0.25, -0.2) is 0 Å². The average Bonchev–Trinajstić information content (AvgIpc) is 2.59. The highest BCUT2D eigenvalue weighted by Gasteiger charge is 2.36. The first kappa shape index (κ1) is 16.0. The highest BCUT2D eigenvalue weighted by atomic mass is 16.5. The van der Waals surface area contributed by atoms with Crippen molar-refractivity contribution in [2.45, 2.75) is 44.8 Å². The second-order valence-corrected chi connectivity index (χ2v) is 6.40. The van der Waals surface area contributed by atoms with Crippen molar-refractivity contribution in [3.05, 3.63) is 35.4 Å². The van der Waals surface area contributed by atoms with Crippen LogP contribution in [0, 0.1) is 6.92 Å². The molecule has 2 amide bonds. The van der Waals surface area contributed by atoms with Crippen LogP contribution in [-0.4, -0.2) is 48.6 Å². The Kier molecular flexibility index (Phi) is 4.96. The third-order valence-corrected chi connectivity index (χ3v) is 4.73. The molecule has 1 N–H and O–H groups in total. The Labute approximate surface area is 137 Å². The van der Waals surface area contributed by atoms with Crippen LogP contribution in [0.1, 0.15) is 41.6 Å². The number of benzene rings is 1. The SMILES string of the molecule is Cc1cccc(C(=O)NCC(=O)N2CCO[C@@H]3CCCC[C@H]32)c1. The molecule has 0 spiro atoms. The second kappa shape index (κ2) is 7.13. The van der Waals surface area contributed by atoms with Crippen molar-refractivity contribution in [3.8, 4) is 0 Å². The van der Waals surface area contributed by atoms with Gasteiger partial charge < -0.3 is 15.0 Å². The van der Waals surface area contributed by atoms with E-state index in [0.29, 0.717) is 18.7 Å². The summed E-state index contributed by atoms with van der Waals surface area (Å²) in [5.41, 5.74) is 1.62. The monoisotopic (exact) mass is 316 g/mol. The third kappa shape index (κ3) is 3.72. The zero-order valence-corrected chi connectivity index (χ0v) is 13.6. The molecule has 1 heterocycles. The lowest BCUT2D eigenvalue weighted by Gasteiger charge is -2.43. The van der Waals surface area contributed by atoms with Gasteiger partial charge in [-0.15, -0.1) is 0 Å². The standard InChI is InChI=1S/C18H24N2O3/c1-13-5-4-6-14(11-13)18(22)19-12-17(21)20-9-10-23-16-8-3-2-7-15(16)20/h4-6,11,15-16H,2-3,7-10,12H2,1H3,(H,19,22)/t15-,16-/m1/s1. The topological polar surface area (TPSA) is 58.6 Å². The van der Waals surface area contributed by atoms with E-state index < -0.39 is 0 Å². The summed E-state index contributed by atoms with van der Waals surface area (Å²) >= 11 is 0. The van der Waals surface area contributed by atoms with Gasteiger partial charge in [-0.3, -0.25) is 9.59 Å². The first-order valence-electron chi connectivity index (χ1n) is 8.41. The van der Waals surface area contributed by atoms with E-state index in [2.05, 4.69) is 5.32 Å². The number of hydrogen-bond acceptors (Lipinski definition) is 3. The van der Waals surface area contributed by atoms with E-state index in [9.17, 15) is 9.59 Å². The van der Waals surface area contributed by atoms with Crippen molar-refractivity contribution < 1.29 is 14.3 Å². The predicted molar refractivity (Wildman–Crippen MR) is 87.2 cm³/mol. The highest BCUT2D eigenvalue weighted by Crippen LogP contribution is 2.28. The van der Waals surface area contributed by atoms with E-state index >= 15 is 0 Å². The summed E-state index contributed by atoms with van der Waals surface area (Å²) in [4.78, 5) is 26.6. The minimum Gasteiger partial charge on any atom is -0.374 e. The molecular formula is C18H24N2O3. The van der Waals surface area contributed by atoms with Gasteiger partial charge in [-0.05, 0) is 31.9 Å². The van der Waals surface area contributed by atoms with Crippen LogP contribution >= 0.6 is 0 Å². The van der Waals surface area contributed by atoms with Crippen molar-refractivity contribution in [1.29, 1.82) is 0 Å². The smallest absolute Gasteiger partial charge is 0.251 e. The molecule has 3 rings (SSSR count). The Bertz CT molecular complexity index is 585. The molecule has 1 saturated carbocycles. The van der Waals surface area contributed by atoms with E-state index in [4.69, 9.17) is 4.74 Å². The lowest BCUT2D eigenvalue weighted by atomic mass is 9.90. The van der Waals surface area contributed by atoms with Gasteiger partial charge in [0.2, 0.25) is 5.91 Å².